The molecule has 0 aromatic rings. The molecule has 2 atom stereocenters. The van der Waals surface area contributed by atoms with Gasteiger partial charge in [0.2, 0.25) is 5.91 Å². The molecule has 1 aliphatic heterocycles. The van der Waals surface area contributed by atoms with Gasteiger partial charge in [-0.3, -0.25) is 9.59 Å². The molecular weight excluding hydrogens is 184 g/mol. The molecule has 0 bridgehead atoms. The van der Waals surface area contributed by atoms with E-state index >= 15 is 0 Å². The van der Waals surface area contributed by atoms with Crippen molar-refractivity contribution in [3.63, 3.8) is 0 Å². The monoisotopic (exact) mass is 200 g/mol. The lowest BCUT2D eigenvalue weighted by atomic mass is 10.1. The van der Waals surface area contributed by atoms with Gasteiger partial charge in [0.05, 0.1) is 19.1 Å². The van der Waals surface area contributed by atoms with Gasteiger partial charge in [-0.15, -0.1) is 0 Å². The molecule has 0 spiro atoms. The molecule has 0 unspecified atom stereocenters. The first-order chi connectivity index (χ1) is 6.63. The largest absolute Gasteiger partial charge is 0.466 e. The van der Waals surface area contributed by atoms with Crippen molar-refractivity contribution in [2.45, 2.75) is 32.4 Å². The van der Waals surface area contributed by atoms with Crippen molar-refractivity contribution in [3.05, 3.63) is 0 Å². The molecule has 0 radical (unpaired) electrons. The normalized spacial score (nSPS) is 26.9. The maximum absolute atomic E-state index is 11.4. The highest BCUT2D eigenvalue weighted by Gasteiger charge is 2.27. The molecule has 2 N–H and O–H groups in total. The van der Waals surface area contributed by atoms with Crippen LogP contribution in [0.2, 0.25) is 0 Å². The topological polar surface area (TPSA) is 67.4 Å². The van der Waals surface area contributed by atoms with Crippen LogP contribution in [0.5, 0.6) is 0 Å². The van der Waals surface area contributed by atoms with E-state index in [0.29, 0.717) is 13.2 Å². The fraction of sp³-hybridized carbons (Fsp3) is 0.778. The number of hydrogen-bond acceptors (Lipinski definition) is 4. The van der Waals surface area contributed by atoms with Crippen molar-refractivity contribution in [2.75, 3.05) is 13.2 Å². The second-order valence-corrected chi connectivity index (χ2v) is 3.38. The van der Waals surface area contributed by atoms with Crippen LogP contribution in [-0.2, 0) is 14.3 Å². The number of piperazine rings is 1. The number of ether oxygens (including phenoxy) is 1. The summed E-state index contributed by atoms with van der Waals surface area (Å²) in [6.07, 6.45) is 0.104. The zero-order chi connectivity index (χ0) is 10.6. The summed E-state index contributed by atoms with van der Waals surface area (Å²) in [5.74, 6) is -0.466. The summed E-state index contributed by atoms with van der Waals surface area (Å²) in [5, 5.41) is 5.76. The van der Waals surface area contributed by atoms with Crippen LogP contribution in [0.25, 0.3) is 0 Å². The van der Waals surface area contributed by atoms with E-state index in [0.717, 1.165) is 0 Å². The highest BCUT2D eigenvalue weighted by molar-refractivity contribution is 5.87. The smallest absolute Gasteiger partial charge is 0.307 e. The van der Waals surface area contributed by atoms with Gasteiger partial charge in [0.25, 0.3) is 0 Å². The molecule has 1 amide bonds. The third-order valence-electron chi connectivity index (χ3n) is 2.05. The van der Waals surface area contributed by atoms with Gasteiger partial charge in [0.1, 0.15) is 0 Å². The molecule has 1 aliphatic rings. The Morgan fingerprint density at radius 2 is 2.36 bits per heavy atom. The number of nitrogens with one attached hydrogen (secondary N) is 2. The highest BCUT2D eigenvalue weighted by Crippen LogP contribution is 2.01. The molecule has 0 aromatic heterocycles. The molecule has 0 aliphatic carbocycles. The fourth-order valence-corrected chi connectivity index (χ4v) is 1.36. The molecule has 14 heavy (non-hydrogen) atoms. The summed E-state index contributed by atoms with van der Waals surface area (Å²) in [7, 11) is 0. The van der Waals surface area contributed by atoms with Crippen molar-refractivity contribution in [3.8, 4) is 0 Å². The van der Waals surface area contributed by atoms with Gasteiger partial charge in [0.15, 0.2) is 0 Å². The van der Waals surface area contributed by atoms with Gasteiger partial charge < -0.3 is 15.4 Å². The Hall–Kier alpha value is -1.10. The summed E-state index contributed by atoms with van der Waals surface area (Å²) < 4.78 is 4.76. The molecule has 5 nitrogen and oxygen atoms in total. The van der Waals surface area contributed by atoms with Crippen molar-refractivity contribution in [1.29, 1.82) is 0 Å². The van der Waals surface area contributed by atoms with Gasteiger partial charge in [-0.05, 0) is 13.8 Å². The maximum Gasteiger partial charge on any atom is 0.307 e. The van der Waals surface area contributed by atoms with E-state index < -0.39 is 6.04 Å². The van der Waals surface area contributed by atoms with Crippen LogP contribution in [-0.4, -0.2) is 37.1 Å². The van der Waals surface area contributed by atoms with Crippen LogP contribution < -0.4 is 10.6 Å². The standard InChI is InChI=1S/C9H16N2O3/c1-3-14-8(12)4-7-9(13)11-6(2)5-10-7/h6-7,10H,3-5H2,1-2H3,(H,11,13)/t6-,7+/m1/s1. The first-order valence-electron chi connectivity index (χ1n) is 4.83. The maximum atomic E-state index is 11.4. The Labute approximate surface area is 83.2 Å². The lowest BCUT2D eigenvalue weighted by Crippen LogP contribution is -2.57. The third-order valence-corrected chi connectivity index (χ3v) is 2.05. The zero-order valence-corrected chi connectivity index (χ0v) is 8.50. The molecule has 5 heteroatoms. The third kappa shape index (κ3) is 2.99. The van der Waals surface area contributed by atoms with Gasteiger partial charge in [-0.2, -0.15) is 0 Å². The second-order valence-electron chi connectivity index (χ2n) is 3.38. The Morgan fingerprint density at radius 1 is 1.64 bits per heavy atom. The summed E-state index contributed by atoms with van der Waals surface area (Å²) in [6.45, 7) is 4.69. The van der Waals surface area contributed by atoms with Gasteiger partial charge >= 0.3 is 5.97 Å². The fourth-order valence-electron chi connectivity index (χ4n) is 1.36. The summed E-state index contributed by atoms with van der Waals surface area (Å²) in [6, 6.07) is -0.314. The quantitative estimate of drug-likeness (QED) is 0.598. The molecule has 0 aromatic carbocycles. The average molecular weight is 200 g/mol. The van der Waals surface area contributed by atoms with E-state index in [-0.39, 0.29) is 24.3 Å². The number of rotatable bonds is 3. The second kappa shape index (κ2) is 4.95. The van der Waals surface area contributed by atoms with Crippen molar-refractivity contribution < 1.29 is 14.3 Å². The molecule has 80 valence electrons. The molecule has 1 heterocycles. The predicted octanol–water partition coefficient (Wildman–Crippen LogP) is -0.584. The first-order valence-corrected chi connectivity index (χ1v) is 4.83. The summed E-state index contributed by atoms with van der Waals surface area (Å²) in [5.41, 5.74) is 0. The van der Waals surface area contributed by atoms with Crippen molar-refractivity contribution >= 4 is 11.9 Å². The Morgan fingerprint density at radius 3 is 2.93 bits per heavy atom. The Balaban J connectivity index is 2.37. The molecule has 1 fully saturated rings. The van der Waals surface area contributed by atoms with E-state index in [1.165, 1.54) is 0 Å². The van der Waals surface area contributed by atoms with E-state index in [1.54, 1.807) is 6.92 Å². The van der Waals surface area contributed by atoms with Crippen LogP contribution in [0, 0.1) is 0 Å². The molecule has 1 rings (SSSR count). The Kier molecular flexibility index (Phi) is 3.88. The number of carbonyl (C=O) groups excluding carboxylic acids is 2. The first kappa shape index (κ1) is 11.0. The van der Waals surface area contributed by atoms with Crippen molar-refractivity contribution in [2.24, 2.45) is 0 Å². The number of esters is 1. The zero-order valence-electron chi connectivity index (χ0n) is 8.50. The Bertz CT molecular complexity index is 230. The van der Waals surface area contributed by atoms with Crippen LogP contribution in [0.4, 0.5) is 0 Å². The summed E-state index contributed by atoms with van der Waals surface area (Å²) >= 11 is 0. The van der Waals surface area contributed by atoms with Crippen LogP contribution in [0.1, 0.15) is 20.3 Å². The minimum absolute atomic E-state index is 0.104. The minimum atomic E-state index is -0.440. The van der Waals surface area contributed by atoms with Gasteiger partial charge in [0, 0.05) is 12.6 Å². The molecular formula is C9H16N2O3. The van der Waals surface area contributed by atoms with E-state index in [4.69, 9.17) is 4.74 Å². The highest BCUT2D eigenvalue weighted by atomic mass is 16.5. The van der Waals surface area contributed by atoms with Crippen LogP contribution >= 0.6 is 0 Å². The van der Waals surface area contributed by atoms with Gasteiger partial charge in [-0.25, -0.2) is 0 Å². The molecule has 1 saturated heterocycles. The SMILES string of the molecule is CCOC(=O)C[C@@H]1NC[C@@H](C)NC1=O. The van der Waals surface area contributed by atoms with E-state index in [9.17, 15) is 9.59 Å². The van der Waals surface area contributed by atoms with Crippen molar-refractivity contribution in [1.82, 2.24) is 10.6 Å². The lowest BCUT2D eigenvalue weighted by Gasteiger charge is -2.27. The number of hydrogen-bond donors (Lipinski definition) is 2. The van der Waals surface area contributed by atoms with Crippen LogP contribution in [0.3, 0.4) is 0 Å². The number of carbonyl (C=O) groups is 2. The minimum Gasteiger partial charge on any atom is -0.466 e. The lowest BCUT2D eigenvalue weighted by molar-refractivity contribution is -0.145. The van der Waals surface area contributed by atoms with Gasteiger partial charge in [-0.1, -0.05) is 0 Å². The number of amides is 1. The van der Waals surface area contributed by atoms with E-state index in [1.807, 2.05) is 6.92 Å². The molecule has 0 saturated carbocycles. The average Bonchev–Trinajstić information content (AvgIpc) is 2.10. The van der Waals surface area contributed by atoms with E-state index in [2.05, 4.69) is 10.6 Å². The predicted molar refractivity (Wildman–Crippen MR) is 50.6 cm³/mol. The summed E-state index contributed by atoms with van der Waals surface area (Å²) in [4.78, 5) is 22.5. The van der Waals surface area contributed by atoms with Crippen LogP contribution in [0.15, 0.2) is 0 Å².